The van der Waals surface area contributed by atoms with E-state index < -0.39 is 0 Å². The van der Waals surface area contributed by atoms with E-state index in [2.05, 4.69) is 30.5 Å². The predicted molar refractivity (Wildman–Crippen MR) is 87.3 cm³/mol. The van der Waals surface area contributed by atoms with E-state index in [4.69, 9.17) is 0 Å². The Balaban J connectivity index is 1.65. The smallest absolute Gasteiger partial charge is 0.227 e. The number of hydrogen-bond acceptors (Lipinski definition) is 6. The molecule has 0 radical (unpaired) electrons. The molecule has 0 aliphatic heterocycles. The lowest BCUT2D eigenvalue weighted by Crippen LogP contribution is -1.98. The third-order valence-electron chi connectivity index (χ3n) is 3.24. The highest BCUT2D eigenvalue weighted by Gasteiger charge is 2.06. The first kappa shape index (κ1) is 12.9. The van der Waals surface area contributed by atoms with Crippen molar-refractivity contribution in [1.82, 2.24) is 25.1 Å². The number of aromatic amines is 1. The third kappa shape index (κ3) is 2.42. The molecule has 0 fully saturated rings. The van der Waals surface area contributed by atoms with Gasteiger partial charge in [-0.15, -0.1) is 11.3 Å². The van der Waals surface area contributed by atoms with Crippen LogP contribution >= 0.6 is 11.3 Å². The number of hydrogen-bond donors (Lipinski definition) is 2. The molecule has 3 aromatic heterocycles. The first-order valence-electron chi connectivity index (χ1n) is 6.74. The fraction of sp³-hybridized carbons (Fsp3) is 0.0667. The third-order valence-corrected chi connectivity index (χ3v) is 4.01. The molecule has 2 N–H and O–H groups in total. The standard InChI is InChI=1S/C15H12N6S/c1-9-18-14(8-22-9)12-4-5-16-15(20-12)19-11-3-2-10-7-17-21-13(10)6-11/h2-8H,1H3,(H,17,21)(H,16,19,20). The molecule has 0 bridgehead atoms. The summed E-state index contributed by atoms with van der Waals surface area (Å²) in [7, 11) is 0. The van der Waals surface area contributed by atoms with Crippen molar-refractivity contribution in [2.75, 3.05) is 5.32 Å². The summed E-state index contributed by atoms with van der Waals surface area (Å²) < 4.78 is 0. The Kier molecular flexibility index (Phi) is 3.05. The van der Waals surface area contributed by atoms with Crippen molar-refractivity contribution >= 4 is 33.9 Å². The van der Waals surface area contributed by atoms with E-state index in [1.807, 2.05) is 36.6 Å². The Bertz CT molecular complexity index is 942. The molecule has 0 aliphatic carbocycles. The second-order valence-electron chi connectivity index (χ2n) is 4.81. The molecule has 4 rings (SSSR count). The summed E-state index contributed by atoms with van der Waals surface area (Å²) in [6, 6.07) is 7.80. The number of rotatable bonds is 3. The Morgan fingerprint density at radius 1 is 1.14 bits per heavy atom. The normalized spacial score (nSPS) is 11.0. The zero-order valence-electron chi connectivity index (χ0n) is 11.7. The highest BCUT2D eigenvalue weighted by atomic mass is 32.1. The molecule has 7 heteroatoms. The van der Waals surface area contributed by atoms with E-state index in [0.717, 1.165) is 33.0 Å². The molecule has 0 atom stereocenters. The van der Waals surface area contributed by atoms with E-state index in [-0.39, 0.29) is 0 Å². The molecule has 0 unspecified atom stereocenters. The average Bonchev–Trinajstić information content (AvgIpc) is 3.16. The fourth-order valence-electron chi connectivity index (χ4n) is 2.19. The summed E-state index contributed by atoms with van der Waals surface area (Å²) in [5.41, 5.74) is 3.56. The SMILES string of the molecule is Cc1nc(-c2ccnc(Nc3ccc4cn[nH]c4c3)n2)cs1. The van der Waals surface area contributed by atoms with Gasteiger partial charge in [0.1, 0.15) is 5.69 Å². The second kappa shape index (κ2) is 5.19. The van der Waals surface area contributed by atoms with Crippen LogP contribution in [0.15, 0.2) is 42.0 Å². The van der Waals surface area contributed by atoms with Gasteiger partial charge in [-0.25, -0.2) is 15.0 Å². The van der Waals surface area contributed by atoms with Gasteiger partial charge in [-0.05, 0) is 31.2 Å². The predicted octanol–water partition coefficient (Wildman–Crippen LogP) is 3.53. The van der Waals surface area contributed by atoms with Crippen LogP contribution in [0.1, 0.15) is 5.01 Å². The van der Waals surface area contributed by atoms with Crippen molar-refractivity contribution in [1.29, 1.82) is 0 Å². The number of H-pyrrole nitrogens is 1. The topological polar surface area (TPSA) is 79.4 Å². The van der Waals surface area contributed by atoms with Gasteiger partial charge in [0, 0.05) is 22.7 Å². The number of nitrogens with zero attached hydrogens (tertiary/aromatic N) is 4. The first-order valence-corrected chi connectivity index (χ1v) is 7.61. The molecule has 0 amide bonds. The molecule has 22 heavy (non-hydrogen) atoms. The molecule has 3 heterocycles. The first-order chi connectivity index (χ1) is 10.8. The highest BCUT2D eigenvalue weighted by Crippen LogP contribution is 2.22. The Labute approximate surface area is 130 Å². The quantitative estimate of drug-likeness (QED) is 0.605. The Morgan fingerprint density at radius 3 is 2.95 bits per heavy atom. The van der Waals surface area contributed by atoms with Crippen LogP contribution in [-0.4, -0.2) is 25.1 Å². The Morgan fingerprint density at radius 2 is 2.09 bits per heavy atom. The van der Waals surface area contributed by atoms with E-state index in [1.54, 1.807) is 23.7 Å². The van der Waals surface area contributed by atoms with Crippen molar-refractivity contribution in [2.24, 2.45) is 0 Å². The van der Waals surface area contributed by atoms with Crippen molar-refractivity contribution in [3.63, 3.8) is 0 Å². The van der Waals surface area contributed by atoms with Crippen LogP contribution in [0, 0.1) is 6.92 Å². The van der Waals surface area contributed by atoms with E-state index in [0.29, 0.717) is 5.95 Å². The molecule has 108 valence electrons. The van der Waals surface area contributed by atoms with Crippen LogP contribution in [0.5, 0.6) is 0 Å². The molecule has 0 spiro atoms. The lowest BCUT2D eigenvalue weighted by Gasteiger charge is -2.05. The van der Waals surface area contributed by atoms with Crippen molar-refractivity contribution in [2.45, 2.75) is 6.92 Å². The van der Waals surface area contributed by atoms with Gasteiger partial charge in [0.05, 0.1) is 22.4 Å². The van der Waals surface area contributed by atoms with E-state index >= 15 is 0 Å². The molecule has 0 saturated carbocycles. The number of thiazole rings is 1. The van der Waals surface area contributed by atoms with Crippen molar-refractivity contribution in [3.05, 3.63) is 47.0 Å². The summed E-state index contributed by atoms with van der Waals surface area (Å²) in [6.45, 7) is 1.98. The fourth-order valence-corrected chi connectivity index (χ4v) is 2.79. The molecule has 6 nitrogen and oxygen atoms in total. The number of benzene rings is 1. The van der Waals surface area contributed by atoms with Gasteiger partial charge < -0.3 is 5.32 Å². The van der Waals surface area contributed by atoms with Gasteiger partial charge >= 0.3 is 0 Å². The Hall–Kier alpha value is -2.80. The maximum absolute atomic E-state index is 4.52. The van der Waals surface area contributed by atoms with Crippen molar-refractivity contribution in [3.8, 4) is 11.4 Å². The van der Waals surface area contributed by atoms with Crippen LogP contribution in [0.2, 0.25) is 0 Å². The monoisotopic (exact) mass is 308 g/mol. The van der Waals surface area contributed by atoms with Gasteiger partial charge in [0.2, 0.25) is 5.95 Å². The number of fused-ring (bicyclic) bond motifs is 1. The van der Waals surface area contributed by atoms with Crippen LogP contribution < -0.4 is 5.32 Å². The number of aromatic nitrogens is 5. The van der Waals surface area contributed by atoms with Gasteiger partial charge in [-0.3, -0.25) is 5.10 Å². The van der Waals surface area contributed by atoms with E-state index in [9.17, 15) is 0 Å². The molecular weight excluding hydrogens is 296 g/mol. The maximum atomic E-state index is 4.52. The minimum absolute atomic E-state index is 0.544. The second-order valence-corrected chi connectivity index (χ2v) is 5.88. The van der Waals surface area contributed by atoms with Gasteiger partial charge in [-0.2, -0.15) is 5.10 Å². The lowest BCUT2D eigenvalue weighted by molar-refractivity contribution is 1.12. The number of aryl methyl sites for hydroxylation is 1. The molecular formula is C15H12N6S. The minimum Gasteiger partial charge on any atom is -0.324 e. The molecule has 0 saturated heterocycles. The van der Waals surface area contributed by atoms with Gasteiger partial charge in [-0.1, -0.05) is 0 Å². The summed E-state index contributed by atoms with van der Waals surface area (Å²) in [6.07, 6.45) is 3.52. The zero-order valence-corrected chi connectivity index (χ0v) is 12.6. The zero-order chi connectivity index (χ0) is 14.9. The minimum atomic E-state index is 0.544. The summed E-state index contributed by atoms with van der Waals surface area (Å²) in [5.74, 6) is 0.544. The number of anilines is 2. The highest BCUT2D eigenvalue weighted by molar-refractivity contribution is 7.09. The number of nitrogens with one attached hydrogen (secondary N) is 2. The average molecular weight is 308 g/mol. The maximum Gasteiger partial charge on any atom is 0.227 e. The molecule has 0 aliphatic rings. The molecule has 4 aromatic rings. The molecule has 1 aromatic carbocycles. The largest absolute Gasteiger partial charge is 0.324 e. The summed E-state index contributed by atoms with van der Waals surface area (Å²) >= 11 is 1.61. The van der Waals surface area contributed by atoms with E-state index in [1.165, 1.54) is 0 Å². The van der Waals surface area contributed by atoms with Crippen LogP contribution in [-0.2, 0) is 0 Å². The van der Waals surface area contributed by atoms with Gasteiger partial charge in [0.25, 0.3) is 0 Å². The van der Waals surface area contributed by atoms with Gasteiger partial charge in [0.15, 0.2) is 0 Å². The van der Waals surface area contributed by atoms with Crippen LogP contribution in [0.3, 0.4) is 0 Å². The van der Waals surface area contributed by atoms with Crippen LogP contribution in [0.4, 0.5) is 11.6 Å². The van der Waals surface area contributed by atoms with Crippen molar-refractivity contribution < 1.29 is 0 Å². The summed E-state index contributed by atoms with van der Waals surface area (Å²) in [4.78, 5) is 13.2. The summed E-state index contributed by atoms with van der Waals surface area (Å²) in [5, 5.41) is 14.3. The van der Waals surface area contributed by atoms with Crippen LogP contribution in [0.25, 0.3) is 22.3 Å². The lowest BCUT2D eigenvalue weighted by atomic mass is 10.2.